The largest absolute Gasteiger partial charge is 0.508 e. The molecular formula is C20H19F2NO2. The van der Waals surface area contributed by atoms with Crippen LogP contribution >= 0.6 is 0 Å². The standard InChI is InChI=1S/C20H19F2NO2/c21-16-11-10-15-18(17(16)22)23-19(25)20(15,12-4-2-1-3-5-12)13-6-8-14(24)9-7-13/h6-12,24H,1-5H2,(H,23,25)/t20-/m0/s1. The molecule has 0 aromatic heterocycles. The summed E-state index contributed by atoms with van der Waals surface area (Å²) in [6, 6.07) is 9.09. The third-order valence-electron chi connectivity index (χ3n) is 5.66. The number of phenols is 1. The van der Waals surface area contributed by atoms with E-state index in [4.69, 9.17) is 0 Å². The lowest BCUT2D eigenvalue weighted by molar-refractivity contribution is -0.121. The Morgan fingerprint density at radius 2 is 1.68 bits per heavy atom. The van der Waals surface area contributed by atoms with E-state index >= 15 is 0 Å². The zero-order chi connectivity index (χ0) is 17.6. The van der Waals surface area contributed by atoms with E-state index in [0.717, 1.165) is 38.2 Å². The van der Waals surface area contributed by atoms with E-state index in [1.54, 1.807) is 12.1 Å². The van der Waals surface area contributed by atoms with Crippen LogP contribution in [0.5, 0.6) is 5.75 Å². The summed E-state index contributed by atoms with van der Waals surface area (Å²) in [5.74, 6) is -2.18. The van der Waals surface area contributed by atoms with Crippen LogP contribution in [0.25, 0.3) is 0 Å². The van der Waals surface area contributed by atoms with Crippen LogP contribution in [0.3, 0.4) is 0 Å². The molecule has 0 radical (unpaired) electrons. The molecule has 1 saturated carbocycles. The zero-order valence-corrected chi connectivity index (χ0v) is 13.7. The van der Waals surface area contributed by atoms with Crippen molar-refractivity contribution in [1.82, 2.24) is 0 Å². The van der Waals surface area contributed by atoms with Crippen molar-refractivity contribution in [3.05, 3.63) is 59.2 Å². The molecule has 1 amide bonds. The van der Waals surface area contributed by atoms with E-state index in [9.17, 15) is 18.7 Å². The topological polar surface area (TPSA) is 49.3 Å². The number of halogens is 2. The molecule has 2 N–H and O–H groups in total. The SMILES string of the molecule is O=C1Nc2c(ccc(F)c2F)[C@@]1(c1ccc(O)cc1)C1CCCCC1. The number of rotatable bonds is 2. The maximum absolute atomic E-state index is 14.3. The molecule has 130 valence electrons. The number of phenolic OH excluding ortho intramolecular Hbond substituents is 1. The lowest BCUT2D eigenvalue weighted by atomic mass is 9.62. The number of carbonyl (C=O) groups is 1. The van der Waals surface area contributed by atoms with Gasteiger partial charge in [0.15, 0.2) is 11.6 Å². The third kappa shape index (κ3) is 2.25. The number of anilines is 1. The quantitative estimate of drug-likeness (QED) is 0.844. The van der Waals surface area contributed by atoms with Gasteiger partial charge in [-0.25, -0.2) is 8.78 Å². The van der Waals surface area contributed by atoms with Gasteiger partial charge in [-0.05, 0) is 48.1 Å². The van der Waals surface area contributed by atoms with Crippen molar-refractivity contribution in [2.45, 2.75) is 37.5 Å². The Bertz CT molecular complexity index is 828. The third-order valence-corrected chi connectivity index (χ3v) is 5.66. The summed E-state index contributed by atoms with van der Waals surface area (Å²) in [5, 5.41) is 12.2. The van der Waals surface area contributed by atoms with Crippen LogP contribution in [0.2, 0.25) is 0 Å². The predicted octanol–water partition coefficient (Wildman–Crippen LogP) is 4.49. The fraction of sp³-hybridized carbons (Fsp3) is 0.350. The van der Waals surface area contributed by atoms with Crippen LogP contribution in [-0.2, 0) is 10.2 Å². The van der Waals surface area contributed by atoms with Gasteiger partial charge < -0.3 is 10.4 Å². The fourth-order valence-corrected chi connectivity index (χ4v) is 4.52. The van der Waals surface area contributed by atoms with E-state index in [-0.39, 0.29) is 23.3 Å². The Balaban J connectivity index is 1.98. The maximum atomic E-state index is 14.3. The number of carbonyl (C=O) groups excluding carboxylic acids is 1. The van der Waals surface area contributed by atoms with Crippen LogP contribution in [0.1, 0.15) is 43.2 Å². The minimum Gasteiger partial charge on any atom is -0.508 e. The molecule has 1 heterocycles. The smallest absolute Gasteiger partial charge is 0.239 e. The number of hydrogen-bond donors (Lipinski definition) is 2. The Kier molecular flexibility index (Phi) is 3.74. The summed E-state index contributed by atoms with van der Waals surface area (Å²) >= 11 is 0. The van der Waals surface area contributed by atoms with Crippen molar-refractivity contribution in [3.63, 3.8) is 0 Å². The van der Waals surface area contributed by atoms with E-state index in [1.807, 2.05) is 0 Å². The maximum Gasteiger partial charge on any atom is 0.239 e. The second kappa shape index (κ2) is 5.83. The number of aromatic hydroxyl groups is 1. The van der Waals surface area contributed by atoms with Crippen LogP contribution in [0, 0.1) is 17.6 Å². The molecule has 1 atom stereocenters. The average molecular weight is 343 g/mol. The van der Waals surface area contributed by atoms with Crippen molar-refractivity contribution in [2.24, 2.45) is 5.92 Å². The molecule has 1 fully saturated rings. The molecule has 2 aromatic rings. The first-order valence-corrected chi connectivity index (χ1v) is 8.64. The molecule has 2 aromatic carbocycles. The normalized spacial score (nSPS) is 23.4. The second-order valence-electron chi connectivity index (χ2n) is 6.93. The Morgan fingerprint density at radius 1 is 1.00 bits per heavy atom. The molecule has 0 unspecified atom stereocenters. The summed E-state index contributed by atoms with van der Waals surface area (Å²) in [7, 11) is 0. The minimum absolute atomic E-state index is 0.0110. The molecule has 0 bridgehead atoms. The van der Waals surface area contributed by atoms with E-state index in [1.165, 1.54) is 18.2 Å². The molecule has 1 aliphatic heterocycles. The number of benzene rings is 2. The Labute approximate surface area is 144 Å². The van der Waals surface area contributed by atoms with Crippen molar-refractivity contribution in [3.8, 4) is 5.75 Å². The first-order chi connectivity index (χ1) is 12.0. The van der Waals surface area contributed by atoms with Gasteiger partial charge in [-0.2, -0.15) is 0 Å². The molecule has 0 saturated heterocycles. The van der Waals surface area contributed by atoms with Gasteiger partial charge in [-0.1, -0.05) is 37.5 Å². The summed E-state index contributed by atoms with van der Waals surface area (Å²) in [4.78, 5) is 13.1. The molecule has 1 aliphatic carbocycles. The lowest BCUT2D eigenvalue weighted by Gasteiger charge is -2.39. The van der Waals surface area contributed by atoms with Gasteiger partial charge in [0.25, 0.3) is 0 Å². The number of fused-ring (bicyclic) bond motifs is 1. The van der Waals surface area contributed by atoms with Gasteiger partial charge in [0.1, 0.15) is 11.2 Å². The summed E-state index contributed by atoms with van der Waals surface area (Å²) in [5.41, 5.74) is 0.106. The summed E-state index contributed by atoms with van der Waals surface area (Å²) in [6.07, 6.45) is 4.85. The van der Waals surface area contributed by atoms with Crippen molar-refractivity contribution in [2.75, 3.05) is 5.32 Å². The molecule has 2 aliphatic rings. The summed E-state index contributed by atoms with van der Waals surface area (Å²) < 4.78 is 28.0. The van der Waals surface area contributed by atoms with Crippen LogP contribution in [0.4, 0.5) is 14.5 Å². The molecule has 4 rings (SSSR count). The monoisotopic (exact) mass is 343 g/mol. The molecule has 3 nitrogen and oxygen atoms in total. The summed E-state index contributed by atoms with van der Waals surface area (Å²) in [6.45, 7) is 0. The van der Waals surface area contributed by atoms with Crippen molar-refractivity contribution < 1.29 is 18.7 Å². The van der Waals surface area contributed by atoms with E-state index in [2.05, 4.69) is 5.32 Å². The molecule has 5 heteroatoms. The highest BCUT2D eigenvalue weighted by molar-refractivity contribution is 6.09. The van der Waals surface area contributed by atoms with Crippen molar-refractivity contribution in [1.29, 1.82) is 0 Å². The van der Waals surface area contributed by atoms with Crippen LogP contribution in [0.15, 0.2) is 36.4 Å². The van der Waals surface area contributed by atoms with Crippen LogP contribution in [-0.4, -0.2) is 11.0 Å². The highest BCUT2D eigenvalue weighted by atomic mass is 19.2. The number of nitrogens with one attached hydrogen (secondary N) is 1. The van der Waals surface area contributed by atoms with Gasteiger partial charge in [-0.15, -0.1) is 0 Å². The first-order valence-electron chi connectivity index (χ1n) is 8.64. The number of amides is 1. The lowest BCUT2D eigenvalue weighted by Crippen LogP contribution is -2.43. The Hall–Kier alpha value is -2.43. The average Bonchev–Trinajstić information content (AvgIpc) is 2.93. The van der Waals surface area contributed by atoms with Gasteiger partial charge in [-0.3, -0.25) is 4.79 Å². The number of hydrogen-bond acceptors (Lipinski definition) is 2. The van der Waals surface area contributed by atoms with Gasteiger partial charge in [0.05, 0.1) is 5.69 Å². The first kappa shape index (κ1) is 16.1. The van der Waals surface area contributed by atoms with Gasteiger partial charge in [0.2, 0.25) is 5.91 Å². The Morgan fingerprint density at radius 3 is 2.36 bits per heavy atom. The molecule has 0 spiro atoms. The van der Waals surface area contributed by atoms with E-state index in [0.29, 0.717) is 11.1 Å². The highest BCUT2D eigenvalue weighted by Crippen LogP contribution is 2.53. The second-order valence-corrected chi connectivity index (χ2v) is 6.93. The fourth-order valence-electron chi connectivity index (χ4n) is 4.52. The van der Waals surface area contributed by atoms with Gasteiger partial charge >= 0.3 is 0 Å². The van der Waals surface area contributed by atoms with Crippen molar-refractivity contribution >= 4 is 11.6 Å². The molecular weight excluding hydrogens is 324 g/mol. The predicted molar refractivity (Wildman–Crippen MR) is 90.4 cm³/mol. The van der Waals surface area contributed by atoms with Gasteiger partial charge in [0, 0.05) is 0 Å². The minimum atomic E-state index is -1.04. The zero-order valence-electron chi connectivity index (χ0n) is 13.7. The van der Waals surface area contributed by atoms with Crippen LogP contribution < -0.4 is 5.32 Å². The highest BCUT2D eigenvalue weighted by Gasteiger charge is 2.54. The van der Waals surface area contributed by atoms with E-state index < -0.39 is 17.0 Å². The molecule has 25 heavy (non-hydrogen) atoms.